The lowest BCUT2D eigenvalue weighted by atomic mass is 10.0. The van der Waals surface area contributed by atoms with Crippen LogP contribution in [0.5, 0.6) is 0 Å². The molecule has 0 saturated heterocycles. The molecular formula is C18H17ClN4O. The number of benzene rings is 1. The number of aromatic nitrogens is 3. The highest BCUT2D eigenvalue weighted by atomic mass is 35.5. The highest BCUT2D eigenvalue weighted by Gasteiger charge is 2.26. The van der Waals surface area contributed by atoms with Crippen molar-refractivity contribution in [3.05, 3.63) is 82.4 Å². The van der Waals surface area contributed by atoms with Gasteiger partial charge in [-0.3, -0.25) is 14.9 Å². The third-order valence-electron chi connectivity index (χ3n) is 3.92. The summed E-state index contributed by atoms with van der Waals surface area (Å²) in [4.78, 5) is 19.0. The first kappa shape index (κ1) is 16.2. The highest BCUT2D eigenvalue weighted by molar-refractivity contribution is 6.30. The predicted molar refractivity (Wildman–Crippen MR) is 93.0 cm³/mol. The molecule has 0 aliphatic rings. The lowest BCUT2D eigenvalue weighted by Crippen LogP contribution is -2.32. The molecule has 2 heterocycles. The Morgan fingerprint density at radius 2 is 1.96 bits per heavy atom. The van der Waals surface area contributed by atoms with Crippen molar-refractivity contribution in [1.29, 1.82) is 0 Å². The first-order valence-electron chi connectivity index (χ1n) is 7.51. The van der Waals surface area contributed by atoms with Crippen LogP contribution in [0, 0.1) is 6.92 Å². The van der Waals surface area contributed by atoms with E-state index in [9.17, 15) is 4.79 Å². The standard InChI is InChI=1S/C18H17ClN4O/c1-12-15(11-21-22-12)18(24)23(2)17(16-5-3-4-10-20-16)13-6-8-14(19)9-7-13/h3-11,17H,1-2H3,(H,21,22)/t17-/m0/s1. The van der Waals surface area contributed by atoms with Crippen molar-refractivity contribution in [3.8, 4) is 0 Å². The summed E-state index contributed by atoms with van der Waals surface area (Å²) in [6.07, 6.45) is 3.27. The Bertz CT molecular complexity index is 830. The summed E-state index contributed by atoms with van der Waals surface area (Å²) in [5.41, 5.74) is 3.02. The van der Waals surface area contributed by atoms with Gasteiger partial charge >= 0.3 is 0 Å². The highest BCUT2D eigenvalue weighted by Crippen LogP contribution is 2.28. The smallest absolute Gasteiger partial charge is 0.257 e. The van der Waals surface area contributed by atoms with Crippen LogP contribution in [-0.4, -0.2) is 33.0 Å². The van der Waals surface area contributed by atoms with Crippen LogP contribution in [0.2, 0.25) is 5.02 Å². The van der Waals surface area contributed by atoms with Crippen LogP contribution in [-0.2, 0) is 0 Å². The summed E-state index contributed by atoms with van der Waals surface area (Å²) in [5.74, 6) is -0.119. The molecule has 1 aromatic carbocycles. The van der Waals surface area contributed by atoms with Gasteiger partial charge in [-0.1, -0.05) is 29.8 Å². The Balaban J connectivity index is 2.03. The minimum Gasteiger partial charge on any atom is -0.329 e. The molecule has 0 spiro atoms. The Morgan fingerprint density at radius 3 is 2.54 bits per heavy atom. The van der Waals surface area contributed by atoms with Gasteiger partial charge in [-0.05, 0) is 36.8 Å². The van der Waals surface area contributed by atoms with Gasteiger partial charge in [-0.2, -0.15) is 5.10 Å². The van der Waals surface area contributed by atoms with Gasteiger partial charge in [-0.15, -0.1) is 0 Å². The third-order valence-corrected chi connectivity index (χ3v) is 4.17. The van der Waals surface area contributed by atoms with E-state index >= 15 is 0 Å². The monoisotopic (exact) mass is 340 g/mol. The second-order valence-corrected chi connectivity index (χ2v) is 5.97. The zero-order chi connectivity index (χ0) is 17.1. The summed E-state index contributed by atoms with van der Waals surface area (Å²) in [7, 11) is 1.77. The molecule has 24 heavy (non-hydrogen) atoms. The van der Waals surface area contributed by atoms with Crippen LogP contribution in [0.15, 0.2) is 54.9 Å². The molecule has 1 amide bonds. The van der Waals surface area contributed by atoms with Crippen molar-refractivity contribution >= 4 is 17.5 Å². The number of halogens is 1. The lowest BCUT2D eigenvalue weighted by Gasteiger charge is -2.28. The number of aromatic amines is 1. The maximum absolute atomic E-state index is 12.9. The first-order valence-corrected chi connectivity index (χ1v) is 7.89. The number of H-pyrrole nitrogens is 1. The SMILES string of the molecule is Cc1[nH]ncc1C(=O)N(C)[C@@H](c1ccc(Cl)cc1)c1ccccn1. The molecule has 0 unspecified atom stereocenters. The van der Waals surface area contributed by atoms with Crippen LogP contribution in [0.25, 0.3) is 0 Å². The molecule has 3 rings (SSSR count). The van der Waals surface area contributed by atoms with Gasteiger partial charge in [0.15, 0.2) is 0 Å². The van der Waals surface area contributed by atoms with E-state index in [0.717, 1.165) is 17.0 Å². The zero-order valence-corrected chi connectivity index (χ0v) is 14.2. The van der Waals surface area contributed by atoms with E-state index in [1.54, 1.807) is 24.3 Å². The van der Waals surface area contributed by atoms with Gasteiger partial charge in [0.1, 0.15) is 0 Å². The molecule has 0 aliphatic carbocycles. The van der Waals surface area contributed by atoms with Crippen molar-refractivity contribution in [2.24, 2.45) is 0 Å². The molecule has 122 valence electrons. The summed E-state index contributed by atoms with van der Waals surface area (Å²) in [6.45, 7) is 1.83. The van der Waals surface area contributed by atoms with Crippen LogP contribution in [0.1, 0.15) is 33.4 Å². The summed E-state index contributed by atoms with van der Waals surface area (Å²) in [5, 5.41) is 7.39. The molecule has 1 atom stereocenters. The number of carbonyl (C=O) groups excluding carboxylic acids is 1. The average molecular weight is 341 g/mol. The lowest BCUT2D eigenvalue weighted by molar-refractivity contribution is 0.0752. The fraction of sp³-hybridized carbons (Fsp3) is 0.167. The Labute approximate surface area is 145 Å². The maximum Gasteiger partial charge on any atom is 0.257 e. The third kappa shape index (κ3) is 3.16. The molecular weight excluding hydrogens is 324 g/mol. The minimum atomic E-state index is -0.315. The zero-order valence-electron chi connectivity index (χ0n) is 13.4. The molecule has 2 aromatic heterocycles. The van der Waals surface area contributed by atoms with E-state index in [2.05, 4.69) is 15.2 Å². The molecule has 3 aromatic rings. The Hall–Kier alpha value is -2.66. The van der Waals surface area contributed by atoms with Crippen molar-refractivity contribution in [2.45, 2.75) is 13.0 Å². The van der Waals surface area contributed by atoms with Crippen LogP contribution < -0.4 is 0 Å². The number of pyridine rings is 1. The second kappa shape index (κ2) is 6.84. The predicted octanol–water partition coefficient (Wildman–Crippen LogP) is 3.63. The molecule has 0 bridgehead atoms. The van der Waals surface area contributed by atoms with Gasteiger partial charge < -0.3 is 4.90 Å². The fourth-order valence-corrected chi connectivity index (χ4v) is 2.78. The van der Waals surface area contributed by atoms with Crippen LogP contribution in [0.4, 0.5) is 0 Å². The van der Waals surface area contributed by atoms with E-state index in [4.69, 9.17) is 11.6 Å². The Morgan fingerprint density at radius 1 is 1.21 bits per heavy atom. The van der Waals surface area contributed by atoms with Gasteiger partial charge in [0.2, 0.25) is 0 Å². The molecule has 0 saturated carbocycles. The normalized spacial score (nSPS) is 12.0. The number of amides is 1. The van der Waals surface area contributed by atoms with Crippen molar-refractivity contribution in [3.63, 3.8) is 0 Å². The number of nitrogens with zero attached hydrogens (tertiary/aromatic N) is 3. The summed E-state index contributed by atoms with van der Waals surface area (Å²) < 4.78 is 0. The number of hydrogen-bond acceptors (Lipinski definition) is 3. The quantitative estimate of drug-likeness (QED) is 0.789. The number of nitrogens with one attached hydrogen (secondary N) is 1. The Kier molecular flexibility index (Phi) is 4.62. The molecule has 1 N–H and O–H groups in total. The maximum atomic E-state index is 12.9. The van der Waals surface area contributed by atoms with Crippen LogP contribution in [0.3, 0.4) is 0 Å². The average Bonchev–Trinajstić information content (AvgIpc) is 3.03. The van der Waals surface area contributed by atoms with Crippen molar-refractivity contribution in [1.82, 2.24) is 20.1 Å². The van der Waals surface area contributed by atoms with Gasteiger partial charge in [0.05, 0.1) is 23.5 Å². The van der Waals surface area contributed by atoms with Crippen molar-refractivity contribution in [2.75, 3.05) is 7.05 Å². The van der Waals surface area contributed by atoms with Gasteiger partial charge in [0, 0.05) is 24.0 Å². The van der Waals surface area contributed by atoms with E-state index in [1.165, 1.54) is 0 Å². The van der Waals surface area contributed by atoms with E-state index in [0.29, 0.717) is 10.6 Å². The molecule has 6 heteroatoms. The second-order valence-electron chi connectivity index (χ2n) is 5.53. The topological polar surface area (TPSA) is 61.9 Å². The molecule has 0 aliphatic heterocycles. The van der Waals surface area contributed by atoms with Gasteiger partial charge in [0.25, 0.3) is 5.91 Å². The number of rotatable bonds is 4. The largest absolute Gasteiger partial charge is 0.329 e. The van der Waals surface area contributed by atoms with E-state index in [-0.39, 0.29) is 11.9 Å². The molecule has 0 radical (unpaired) electrons. The summed E-state index contributed by atoms with van der Waals surface area (Å²) in [6, 6.07) is 12.8. The first-order chi connectivity index (χ1) is 11.6. The number of aryl methyl sites for hydroxylation is 1. The molecule has 5 nitrogen and oxygen atoms in total. The minimum absolute atomic E-state index is 0.119. The fourth-order valence-electron chi connectivity index (χ4n) is 2.65. The summed E-state index contributed by atoms with van der Waals surface area (Å²) >= 11 is 6.00. The van der Waals surface area contributed by atoms with Crippen LogP contribution >= 0.6 is 11.6 Å². The molecule has 0 fully saturated rings. The van der Waals surface area contributed by atoms with E-state index in [1.807, 2.05) is 49.4 Å². The van der Waals surface area contributed by atoms with Crippen molar-refractivity contribution < 1.29 is 4.79 Å². The van der Waals surface area contributed by atoms with Gasteiger partial charge in [-0.25, -0.2) is 0 Å². The number of carbonyl (C=O) groups is 1. The number of hydrogen-bond donors (Lipinski definition) is 1. The van der Waals surface area contributed by atoms with E-state index < -0.39 is 0 Å².